The molecule has 76 valence electrons. The summed E-state index contributed by atoms with van der Waals surface area (Å²) in [5.41, 5.74) is -0.0966. The molecule has 0 saturated carbocycles. The lowest BCUT2D eigenvalue weighted by molar-refractivity contribution is -0.111. The van der Waals surface area contributed by atoms with Gasteiger partial charge in [0.05, 0.1) is 16.3 Å². The topological polar surface area (TPSA) is 66.4 Å². The van der Waals surface area contributed by atoms with Gasteiger partial charge in [-0.1, -0.05) is 17.7 Å². The predicted molar refractivity (Wildman–Crippen MR) is 55.9 cm³/mol. The van der Waals surface area contributed by atoms with E-state index in [0.717, 1.165) is 0 Å². The second-order valence-corrected chi connectivity index (χ2v) is 2.97. The van der Waals surface area contributed by atoms with Gasteiger partial charge in [0.2, 0.25) is 0 Å². The van der Waals surface area contributed by atoms with Gasteiger partial charge in [0.25, 0.3) is 5.91 Å². The van der Waals surface area contributed by atoms with Crippen LogP contribution in [0, 0.1) is 12.3 Å². The van der Waals surface area contributed by atoms with Gasteiger partial charge in [-0.05, 0) is 18.1 Å². The summed E-state index contributed by atoms with van der Waals surface area (Å²) in [4.78, 5) is 21.7. The molecule has 1 rings (SSSR count). The van der Waals surface area contributed by atoms with E-state index in [4.69, 9.17) is 23.1 Å². The largest absolute Gasteiger partial charge is 0.478 e. The van der Waals surface area contributed by atoms with Crippen molar-refractivity contribution in [1.29, 1.82) is 0 Å². The molecular formula is C10H6ClNO3. The Morgan fingerprint density at radius 2 is 2.13 bits per heavy atom. The van der Waals surface area contributed by atoms with E-state index >= 15 is 0 Å². The van der Waals surface area contributed by atoms with E-state index in [-0.39, 0.29) is 16.3 Å². The number of benzene rings is 1. The first-order chi connectivity index (χ1) is 7.06. The Bertz CT molecular complexity index is 462. The molecule has 0 spiro atoms. The van der Waals surface area contributed by atoms with Crippen molar-refractivity contribution in [3.8, 4) is 12.3 Å². The molecule has 4 nitrogen and oxygen atoms in total. The predicted octanol–water partition coefficient (Wildman–Crippen LogP) is 1.61. The van der Waals surface area contributed by atoms with Crippen LogP contribution in [-0.4, -0.2) is 17.0 Å². The number of para-hydroxylation sites is 1. The van der Waals surface area contributed by atoms with E-state index in [0.29, 0.717) is 0 Å². The number of aromatic carboxylic acids is 1. The Labute approximate surface area is 90.9 Å². The summed E-state index contributed by atoms with van der Waals surface area (Å²) in [6, 6.07) is 4.25. The number of nitrogens with one attached hydrogen (secondary N) is 1. The molecule has 0 saturated heterocycles. The SMILES string of the molecule is C#CC(=O)Nc1c(Cl)cccc1C(=O)O. The first-order valence-corrected chi connectivity index (χ1v) is 4.23. The van der Waals surface area contributed by atoms with E-state index < -0.39 is 11.9 Å². The third kappa shape index (κ3) is 2.48. The van der Waals surface area contributed by atoms with Crippen LogP contribution in [0.3, 0.4) is 0 Å². The molecule has 0 aromatic heterocycles. The van der Waals surface area contributed by atoms with Gasteiger partial charge in [0, 0.05) is 0 Å². The number of hydrogen-bond donors (Lipinski definition) is 2. The Morgan fingerprint density at radius 1 is 1.47 bits per heavy atom. The second kappa shape index (κ2) is 4.49. The van der Waals surface area contributed by atoms with Crippen LogP contribution in [0.2, 0.25) is 5.02 Å². The van der Waals surface area contributed by atoms with E-state index in [9.17, 15) is 9.59 Å². The Kier molecular flexibility index (Phi) is 3.32. The molecule has 0 bridgehead atoms. The minimum absolute atomic E-state index is 0.00890. The summed E-state index contributed by atoms with van der Waals surface area (Å²) >= 11 is 5.73. The van der Waals surface area contributed by atoms with Crippen LogP contribution in [0.1, 0.15) is 10.4 Å². The highest BCUT2D eigenvalue weighted by atomic mass is 35.5. The Balaban J connectivity index is 3.20. The number of carbonyl (C=O) groups is 2. The minimum Gasteiger partial charge on any atom is -0.478 e. The molecule has 0 heterocycles. The highest BCUT2D eigenvalue weighted by Crippen LogP contribution is 2.25. The fraction of sp³-hybridized carbons (Fsp3) is 0. The molecule has 1 aromatic rings. The quantitative estimate of drug-likeness (QED) is 0.749. The number of carboxylic acids is 1. The molecule has 0 atom stereocenters. The number of hydrogen-bond acceptors (Lipinski definition) is 2. The average Bonchev–Trinajstić information content (AvgIpc) is 2.20. The molecule has 0 aliphatic heterocycles. The molecule has 0 unspecified atom stereocenters. The van der Waals surface area contributed by atoms with E-state index in [1.165, 1.54) is 18.2 Å². The third-order valence-corrected chi connectivity index (χ3v) is 1.93. The number of halogens is 1. The normalized spacial score (nSPS) is 9.07. The van der Waals surface area contributed by atoms with Crippen LogP contribution in [0.15, 0.2) is 18.2 Å². The maximum atomic E-state index is 10.9. The zero-order valence-corrected chi connectivity index (χ0v) is 8.21. The first-order valence-electron chi connectivity index (χ1n) is 3.85. The monoisotopic (exact) mass is 223 g/mol. The van der Waals surface area contributed by atoms with Crippen molar-refractivity contribution in [2.45, 2.75) is 0 Å². The van der Waals surface area contributed by atoms with Crippen LogP contribution in [-0.2, 0) is 4.79 Å². The van der Waals surface area contributed by atoms with Gasteiger partial charge in [0.15, 0.2) is 0 Å². The molecule has 15 heavy (non-hydrogen) atoms. The fourth-order valence-corrected chi connectivity index (χ4v) is 1.20. The van der Waals surface area contributed by atoms with E-state index in [2.05, 4.69) is 5.32 Å². The molecule has 1 amide bonds. The van der Waals surface area contributed by atoms with Crippen LogP contribution in [0.25, 0.3) is 0 Å². The maximum absolute atomic E-state index is 10.9. The van der Waals surface area contributed by atoms with Crippen molar-refractivity contribution in [2.75, 3.05) is 5.32 Å². The summed E-state index contributed by atoms with van der Waals surface area (Å²) in [5, 5.41) is 11.2. The third-order valence-electron chi connectivity index (χ3n) is 1.61. The summed E-state index contributed by atoms with van der Waals surface area (Å²) in [6.07, 6.45) is 4.84. The van der Waals surface area contributed by atoms with Gasteiger partial charge in [0.1, 0.15) is 0 Å². The van der Waals surface area contributed by atoms with Crippen molar-refractivity contribution >= 4 is 29.2 Å². The van der Waals surface area contributed by atoms with Gasteiger partial charge in [-0.15, -0.1) is 6.42 Å². The lowest BCUT2D eigenvalue weighted by Gasteiger charge is -2.07. The number of terminal acetylenes is 1. The van der Waals surface area contributed by atoms with Crippen LogP contribution in [0.4, 0.5) is 5.69 Å². The van der Waals surface area contributed by atoms with Gasteiger partial charge in [-0.25, -0.2) is 4.79 Å². The molecule has 0 fully saturated rings. The zero-order valence-electron chi connectivity index (χ0n) is 7.45. The van der Waals surface area contributed by atoms with Gasteiger partial charge in [-0.2, -0.15) is 0 Å². The maximum Gasteiger partial charge on any atom is 0.337 e. The van der Waals surface area contributed by atoms with E-state index in [1.54, 1.807) is 5.92 Å². The number of amides is 1. The lowest BCUT2D eigenvalue weighted by atomic mass is 10.2. The zero-order chi connectivity index (χ0) is 11.4. The summed E-state index contributed by atoms with van der Waals surface area (Å²) < 4.78 is 0. The first kappa shape index (κ1) is 11.1. The molecule has 0 aliphatic rings. The highest BCUT2D eigenvalue weighted by molar-refractivity contribution is 6.34. The minimum atomic E-state index is -1.19. The standard InChI is InChI=1S/C10H6ClNO3/c1-2-8(13)12-9-6(10(14)15)4-3-5-7(9)11/h1,3-5H,(H,12,13)(H,14,15). The van der Waals surface area contributed by atoms with Crippen LogP contribution in [0.5, 0.6) is 0 Å². The van der Waals surface area contributed by atoms with Crippen molar-refractivity contribution in [2.24, 2.45) is 0 Å². The molecule has 2 N–H and O–H groups in total. The van der Waals surface area contributed by atoms with Gasteiger partial charge in [-0.3, -0.25) is 4.79 Å². The lowest BCUT2D eigenvalue weighted by Crippen LogP contribution is -2.12. The van der Waals surface area contributed by atoms with Crippen LogP contribution < -0.4 is 5.32 Å². The number of carboxylic acid groups (broad SMARTS) is 1. The number of anilines is 1. The van der Waals surface area contributed by atoms with Crippen molar-refractivity contribution in [3.05, 3.63) is 28.8 Å². The molecule has 0 radical (unpaired) electrons. The van der Waals surface area contributed by atoms with Gasteiger partial charge >= 0.3 is 5.97 Å². The average molecular weight is 224 g/mol. The Hall–Kier alpha value is -1.99. The molecule has 1 aromatic carbocycles. The van der Waals surface area contributed by atoms with Crippen molar-refractivity contribution in [1.82, 2.24) is 0 Å². The van der Waals surface area contributed by atoms with Crippen molar-refractivity contribution < 1.29 is 14.7 Å². The summed E-state index contributed by atoms with van der Waals surface area (Å²) in [7, 11) is 0. The summed E-state index contributed by atoms with van der Waals surface area (Å²) in [5.74, 6) is -0.130. The number of carbonyl (C=O) groups excluding carboxylic acids is 1. The van der Waals surface area contributed by atoms with Crippen molar-refractivity contribution in [3.63, 3.8) is 0 Å². The molecule has 5 heteroatoms. The Morgan fingerprint density at radius 3 is 2.67 bits per heavy atom. The summed E-state index contributed by atoms with van der Waals surface area (Å²) in [6.45, 7) is 0. The second-order valence-electron chi connectivity index (χ2n) is 2.57. The highest BCUT2D eigenvalue weighted by Gasteiger charge is 2.14. The van der Waals surface area contributed by atoms with Gasteiger partial charge < -0.3 is 10.4 Å². The smallest absolute Gasteiger partial charge is 0.337 e. The molecular weight excluding hydrogens is 218 g/mol. The van der Waals surface area contributed by atoms with Crippen LogP contribution >= 0.6 is 11.6 Å². The molecule has 0 aliphatic carbocycles. The fourth-order valence-electron chi connectivity index (χ4n) is 0.979. The van der Waals surface area contributed by atoms with E-state index in [1.807, 2.05) is 0 Å². The number of rotatable bonds is 2.